The van der Waals surface area contributed by atoms with Crippen LogP contribution in [0.15, 0.2) is 60.9 Å². The zero-order valence-corrected chi connectivity index (χ0v) is 26.7. The highest BCUT2D eigenvalue weighted by atomic mass is 19.1. The second kappa shape index (κ2) is 11.8. The molecule has 1 aliphatic carbocycles. The predicted octanol–water partition coefficient (Wildman–Crippen LogP) is 6.63. The van der Waals surface area contributed by atoms with E-state index in [9.17, 15) is 4.79 Å². The summed E-state index contributed by atoms with van der Waals surface area (Å²) < 4.78 is 29.3. The van der Waals surface area contributed by atoms with Crippen LogP contribution in [0.2, 0.25) is 0 Å². The monoisotopic (exact) mass is 627 g/mol. The van der Waals surface area contributed by atoms with Crippen molar-refractivity contribution in [3.63, 3.8) is 0 Å². The summed E-state index contributed by atoms with van der Waals surface area (Å²) >= 11 is 0. The van der Waals surface area contributed by atoms with E-state index in [1.54, 1.807) is 4.68 Å². The van der Waals surface area contributed by atoms with Crippen LogP contribution in [0.3, 0.4) is 0 Å². The molecule has 2 atom stereocenters. The molecule has 2 aliphatic heterocycles. The summed E-state index contributed by atoms with van der Waals surface area (Å²) in [5, 5.41) is 5.55. The van der Waals surface area contributed by atoms with E-state index in [-0.39, 0.29) is 11.5 Å². The van der Waals surface area contributed by atoms with E-state index in [1.165, 1.54) is 6.33 Å². The van der Waals surface area contributed by atoms with Crippen molar-refractivity contribution in [3.8, 4) is 22.8 Å². The first-order chi connectivity index (χ1) is 22.1. The summed E-state index contributed by atoms with van der Waals surface area (Å²) in [5.41, 5.74) is 8.12. The van der Waals surface area contributed by atoms with Gasteiger partial charge in [0.25, 0.3) is 0 Å². The summed E-state index contributed by atoms with van der Waals surface area (Å²) in [7, 11) is 0. The molecule has 2 saturated heterocycles. The number of piperidine rings is 2. The van der Waals surface area contributed by atoms with Crippen molar-refractivity contribution >= 4 is 22.9 Å². The SMILES string of the molecule is CC(C)(C)OC(=O)N1CCC2(CC1)CC(N1CC[C@@H](n3nc(-c4ccc(Oc5ccccc5)cc4)c4c(N)ncnc43)[C@H](F)C1)C2. The zero-order chi connectivity index (χ0) is 32.1. The van der Waals surface area contributed by atoms with Gasteiger partial charge in [-0.2, -0.15) is 5.10 Å². The smallest absolute Gasteiger partial charge is 0.410 e. The first kappa shape index (κ1) is 30.4. The number of nitrogens with two attached hydrogens (primary N) is 1. The average molecular weight is 628 g/mol. The molecule has 0 radical (unpaired) electrons. The standard InChI is InChI=1S/C35H42FN7O3/c1-34(2,3)46-33(44)41-17-14-35(15-18-41)19-24(20-35)42-16-13-28(27(36)21-42)43-32-29(31(37)38-22-39-32)30(40-43)23-9-11-26(12-10-23)45-25-7-5-4-6-8-25/h4-12,22,24,27-28H,13-21H2,1-3H3,(H2,37,38,39)/t27-,28-/m1/s1. The van der Waals surface area contributed by atoms with Crippen molar-refractivity contribution in [2.45, 2.75) is 76.7 Å². The largest absolute Gasteiger partial charge is 0.457 e. The van der Waals surface area contributed by atoms with Gasteiger partial charge < -0.3 is 20.1 Å². The number of alkyl halides is 1. The Morgan fingerprint density at radius 3 is 2.35 bits per heavy atom. The number of hydrogen-bond donors (Lipinski definition) is 1. The van der Waals surface area contributed by atoms with Crippen LogP contribution >= 0.6 is 0 Å². The molecule has 0 unspecified atom stereocenters. The lowest BCUT2D eigenvalue weighted by molar-refractivity contribution is -0.0655. The van der Waals surface area contributed by atoms with E-state index in [2.05, 4.69) is 14.9 Å². The van der Waals surface area contributed by atoms with Crippen LogP contribution in [-0.2, 0) is 4.74 Å². The molecule has 242 valence electrons. The van der Waals surface area contributed by atoms with Crippen LogP contribution < -0.4 is 10.5 Å². The third-order valence-electron chi connectivity index (χ3n) is 9.81. The second-order valence-electron chi connectivity index (χ2n) is 14.1. The van der Waals surface area contributed by atoms with Crippen molar-refractivity contribution in [1.29, 1.82) is 0 Å². The molecular formula is C35H42FN7O3. The molecule has 1 saturated carbocycles. The van der Waals surface area contributed by atoms with Crippen LogP contribution in [0.1, 0.15) is 58.9 Å². The van der Waals surface area contributed by atoms with Crippen molar-refractivity contribution in [2.24, 2.45) is 5.41 Å². The van der Waals surface area contributed by atoms with E-state index in [0.29, 0.717) is 47.3 Å². The Labute approximate surface area is 268 Å². The van der Waals surface area contributed by atoms with Crippen molar-refractivity contribution in [2.75, 3.05) is 31.9 Å². The predicted molar refractivity (Wildman–Crippen MR) is 174 cm³/mol. The minimum absolute atomic E-state index is 0.226. The fraction of sp³-hybridized carbons (Fsp3) is 0.486. The van der Waals surface area contributed by atoms with Gasteiger partial charge in [0.2, 0.25) is 0 Å². The average Bonchev–Trinajstić information content (AvgIpc) is 3.40. The number of fused-ring (bicyclic) bond motifs is 1. The fourth-order valence-corrected chi connectivity index (χ4v) is 7.35. The van der Waals surface area contributed by atoms with Crippen LogP contribution in [-0.4, -0.2) is 79.6 Å². The van der Waals surface area contributed by atoms with Crippen molar-refractivity contribution in [3.05, 3.63) is 60.9 Å². The Bertz CT molecular complexity index is 1690. The molecule has 3 fully saturated rings. The van der Waals surface area contributed by atoms with Crippen molar-refractivity contribution < 1.29 is 18.7 Å². The molecule has 2 N–H and O–H groups in total. The maximum atomic E-state index is 16.1. The molecule has 4 aromatic rings. The number of benzene rings is 2. The lowest BCUT2D eigenvalue weighted by Gasteiger charge is -2.56. The van der Waals surface area contributed by atoms with E-state index < -0.39 is 17.8 Å². The maximum Gasteiger partial charge on any atom is 0.410 e. The number of ether oxygens (including phenoxy) is 2. The van der Waals surface area contributed by atoms with Gasteiger partial charge in [0.1, 0.15) is 41.1 Å². The number of carbonyl (C=O) groups is 1. The highest BCUT2D eigenvalue weighted by Gasteiger charge is 2.50. The van der Waals surface area contributed by atoms with Gasteiger partial charge in [-0.1, -0.05) is 18.2 Å². The molecule has 1 amide bonds. The quantitative estimate of drug-likeness (QED) is 0.262. The maximum absolute atomic E-state index is 16.1. The summed E-state index contributed by atoms with van der Waals surface area (Å²) in [4.78, 5) is 25.4. The van der Waals surface area contributed by atoms with Crippen molar-refractivity contribution in [1.82, 2.24) is 29.5 Å². The van der Waals surface area contributed by atoms with Crippen LogP contribution in [0, 0.1) is 5.41 Å². The molecule has 11 heteroatoms. The molecule has 0 bridgehead atoms. The second-order valence-corrected chi connectivity index (χ2v) is 14.1. The number of hydrogen-bond acceptors (Lipinski definition) is 8. The van der Waals surface area contributed by atoms with Gasteiger partial charge in [0, 0.05) is 37.8 Å². The molecule has 1 spiro atoms. The number of carbonyl (C=O) groups excluding carboxylic acids is 1. The molecule has 46 heavy (non-hydrogen) atoms. The topological polar surface area (TPSA) is 112 Å². The van der Waals surface area contributed by atoms with Gasteiger partial charge in [0.05, 0.1) is 11.4 Å². The van der Waals surface area contributed by atoms with Gasteiger partial charge in [-0.15, -0.1) is 0 Å². The van der Waals surface area contributed by atoms with E-state index in [0.717, 1.165) is 56.6 Å². The Hall–Kier alpha value is -4.25. The van der Waals surface area contributed by atoms with Gasteiger partial charge in [-0.05, 0) is 94.7 Å². The number of likely N-dealkylation sites (tertiary alicyclic amines) is 2. The van der Waals surface area contributed by atoms with Crippen LogP contribution in [0.5, 0.6) is 11.5 Å². The molecule has 3 aliphatic rings. The minimum Gasteiger partial charge on any atom is -0.457 e. The molecule has 2 aromatic carbocycles. The van der Waals surface area contributed by atoms with E-state index >= 15 is 4.39 Å². The number of nitrogen functional groups attached to an aromatic ring is 1. The lowest BCUT2D eigenvalue weighted by Crippen LogP contribution is -2.58. The number of rotatable bonds is 5. The highest BCUT2D eigenvalue weighted by molar-refractivity contribution is 5.98. The number of para-hydroxylation sites is 1. The zero-order valence-electron chi connectivity index (χ0n) is 26.7. The first-order valence-electron chi connectivity index (χ1n) is 16.3. The summed E-state index contributed by atoms with van der Waals surface area (Å²) in [6, 6.07) is 17.1. The normalized spacial score (nSPS) is 22.1. The summed E-state index contributed by atoms with van der Waals surface area (Å²) in [6.45, 7) is 8.28. The number of anilines is 1. The molecule has 4 heterocycles. The number of aromatic nitrogens is 4. The lowest BCUT2D eigenvalue weighted by atomic mass is 9.60. The molecule has 10 nitrogen and oxygen atoms in total. The first-order valence-corrected chi connectivity index (χ1v) is 16.3. The Balaban J connectivity index is 1.01. The number of amides is 1. The van der Waals surface area contributed by atoms with Gasteiger partial charge in [0.15, 0.2) is 5.65 Å². The van der Waals surface area contributed by atoms with E-state index in [4.69, 9.17) is 20.3 Å². The molecular weight excluding hydrogens is 585 g/mol. The van der Waals surface area contributed by atoms with Crippen LogP contribution in [0.25, 0.3) is 22.3 Å². The summed E-state index contributed by atoms with van der Waals surface area (Å²) in [6.07, 6.45) is 4.76. The Kier molecular flexibility index (Phi) is 7.83. The number of halogens is 1. The third-order valence-corrected chi connectivity index (χ3v) is 9.81. The van der Waals surface area contributed by atoms with Gasteiger partial charge in [-0.3, -0.25) is 4.90 Å². The third kappa shape index (κ3) is 6.00. The Morgan fingerprint density at radius 1 is 0.978 bits per heavy atom. The number of nitrogens with zero attached hydrogens (tertiary/aromatic N) is 6. The fourth-order valence-electron chi connectivity index (χ4n) is 7.35. The van der Waals surface area contributed by atoms with Crippen LogP contribution in [0.4, 0.5) is 15.0 Å². The Morgan fingerprint density at radius 2 is 1.67 bits per heavy atom. The molecule has 7 rings (SSSR count). The molecule has 2 aromatic heterocycles. The minimum atomic E-state index is -1.10. The van der Waals surface area contributed by atoms with Gasteiger partial charge >= 0.3 is 6.09 Å². The van der Waals surface area contributed by atoms with Gasteiger partial charge in [-0.25, -0.2) is 23.8 Å². The highest BCUT2D eigenvalue weighted by Crippen LogP contribution is 2.52. The summed E-state index contributed by atoms with van der Waals surface area (Å²) in [5.74, 6) is 1.77. The van der Waals surface area contributed by atoms with E-state index in [1.807, 2.05) is 80.3 Å².